The summed E-state index contributed by atoms with van der Waals surface area (Å²) in [7, 11) is -3.45. The lowest BCUT2D eigenvalue weighted by Crippen LogP contribution is -2.37. The fourth-order valence-electron chi connectivity index (χ4n) is 2.33. The molecule has 1 aromatic rings. The van der Waals surface area contributed by atoms with Gasteiger partial charge in [-0.1, -0.05) is 0 Å². The molecule has 11 heteroatoms. The van der Waals surface area contributed by atoms with Crippen molar-refractivity contribution in [3.63, 3.8) is 0 Å². The molecule has 0 saturated carbocycles. The molecule has 0 spiro atoms. The summed E-state index contributed by atoms with van der Waals surface area (Å²) in [5.41, 5.74) is -0.592. The van der Waals surface area contributed by atoms with Crippen molar-refractivity contribution < 1.29 is 23.1 Å². The van der Waals surface area contributed by atoms with Gasteiger partial charge in [-0.2, -0.15) is 5.10 Å². The smallest absolute Gasteiger partial charge is 0.331 e. The van der Waals surface area contributed by atoms with Crippen LogP contribution in [0.2, 0.25) is 0 Å². The van der Waals surface area contributed by atoms with Crippen LogP contribution in [0.5, 0.6) is 0 Å². The molecule has 1 amide bonds. The van der Waals surface area contributed by atoms with Gasteiger partial charge in [0.25, 0.3) is 15.9 Å². The van der Waals surface area contributed by atoms with Gasteiger partial charge in [0.05, 0.1) is 23.2 Å². The van der Waals surface area contributed by atoms with Crippen LogP contribution >= 0.6 is 0 Å². The van der Waals surface area contributed by atoms with Crippen LogP contribution in [-0.4, -0.2) is 58.2 Å². The molecule has 0 unspecified atom stereocenters. The van der Waals surface area contributed by atoms with E-state index in [-0.39, 0.29) is 18.1 Å². The predicted molar refractivity (Wildman–Crippen MR) is 93.0 cm³/mol. The zero-order valence-electron chi connectivity index (χ0n) is 14.1. The van der Waals surface area contributed by atoms with Crippen molar-refractivity contribution >= 4 is 33.4 Å². The van der Waals surface area contributed by atoms with Gasteiger partial charge in [-0.15, -0.1) is 4.40 Å². The average Bonchev–Trinajstić information content (AvgIpc) is 3.02. The third kappa shape index (κ3) is 3.38. The van der Waals surface area contributed by atoms with E-state index in [1.54, 1.807) is 4.90 Å². The van der Waals surface area contributed by atoms with Crippen LogP contribution in [-0.2, 0) is 25.2 Å². The summed E-state index contributed by atoms with van der Waals surface area (Å²) in [5, 5.41) is 15.8. The Labute approximate surface area is 149 Å². The van der Waals surface area contributed by atoms with Gasteiger partial charge in [-0.05, 0) is 26.0 Å². The van der Waals surface area contributed by atoms with Crippen molar-refractivity contribution in [3.8, 4) is 0 Å². The van der Waals surface area contributed by atoms with Crippen molar-refractivity contribution in [2.24, 2.45) is 4.40 Å². The Morgan fingerprint density at radius 3 is 2.73 bits per heavy atom. The van der Waals surface area contributed by atoms with Gasteiger partial charge in [0, 0.05) is 18.9 Å². The Morgan fingerprint density at radius 1 is 1.31 bits per heavy atom. The number of aliphatic carboxylic acids is 1. The standard InChI is InChI=1S/C15H17N5O5S/c1-15(2,14(22)23)20-9-11(7-16-20)17-13(21)10-3-4-12-18-26(24,25)6-5-19(12)8-10/h3-4,7-9H,5-6H2,1-2H3,(H,17,21)(H,22,23). The Hall–Kier alpha value is -2.95. The van der Waals surface area contributed by atoms with Gasteiger partial charge < -0.3 is 15.3 Å². The number of carbonyl (C=O) groups is 2. The van der Waals surface area contributed by atoms with E-state index in [4.69, 9.17) is 0 Å². The second-order valence-corrected chi connectivity index (χ2v) is 8.09. The van der Waals surface area contributed by atoms with E-state index >= 15 is 0 Å². The van der Waals surface area contributed by atoms with E-state index in [9.17, 15) is 23.1 Å². The molecule has 2 aliphatic rings. The van der Waals surface area contributed by atoms with Crippen molar-refractivity contribution in [3.05, 3.63) is 36.3 Å². The summed E-state index contributed by atoms with van der Waals surface area (Å²) in [6, 6.07) is 0. The number of anilines is 1. The number of amidine groups is 1. The molecule has 0 bridgehead atoms. The summed E-state index contributed by atoms with van der Waals surface area (Å²) in [4.78, 5) is 25.2. The highest BCUT2D eigenvalue weighted by atomic mass is 32.2. The molecule has 0 saturated heterocycles. The molecule has 1 aromatic heterocycles. The highest BCUT2D eigenvalue weighted by molar-refractivity contribution is 7.90. The van der Waals surface area contributed by atoms with Crippen LogP contribution in [0.15, 0.2) is 40.7 Å². The van der Waals surface area contributed by atoms with Crippen molar-refractivity contribution in [1.82, 2.24) is 14.7 Å². The molecule has 3 heterocycles. The summed E-state index contributed by atoms with van der Waals surface area (Å²) in [6.07, 6.45) is 7.24. The second-order valence-electron chi connectivity index (χ2n) is 6.34. The maximum absolute atomic E-state index is 12.4. The molecule has 0 aromatic carbocycles. The minimum atomic E-state index is -3.45. The van der Waals surface area contributed by atoms with Crippen LogP contribution in [0.4, 0.5) is 5.69 Å². The van der Waals surface area contributed by atoms with E-state index in [1.165, 1.54) is 49.3 Å². The molecular formula is C15H17N5O5S. The fraction of sp³-hybridized carbons (Fsp3) is 0.333. The highest BCUT2D eigenvalue weighted by Gasteiger charge is 2.30. The molecule has 10 nitrogen and oxygen atoms in total. The zero-order chi connectivity index (χ0) is 19.1. The number of sulfonamides is 1. The number of fused-ring (bicyclic) bond motifs is 1. The van der Waals surface area contributed by atoms with Gasteiger partial charge in [0.15, 0.2) is 5.54 Å². The van der Waals surface area contributed by atoms with Gasteiger partial charge >= 0.3 is 5.97 Å². The molecule has 0 radical (unpaired) electrons. The van der Waals surface area contributed by atoms with E-state index in [0.717, 1.165) is 0 Å². The number of nitrogens with zero attached hydrogens (tertiary/aromatic N) is 4. The van der Waals surface area contributed by atoms with Gasteiger partial charge in [0.2, 0.25) is 0 Å². The number of aromatic nitrogens is 2. The number of rotatable bonds is 4. The fourth-order valence-corrected chi connectivity index (χ4v) is 3.30. The van der Waals surface area contributed by atoms with Crippen LogP contribution in [0.25, 0.3) is 0 Å². The van der Waals surface area contributed by atoms with E-state index in [1.807, 2.05) is 0 Å². The maximum Gasteiger partial charge on any atom is 0.331 e. The maximum atomic E-state index is 12.4. The molecule has 3 rings (SSSR count). The van der Waals surface area contributed by atoms with Crippen molar-refractivity contribution in [2.45, 2.75) is 19.4 Å². The number of carboxylic acids is 1. The van der Waals surface area contributed by atoms with Gasteiger partial charge in [-0.3, -0.25) is 9.48 Å². The lowest BCUT2D eigenvalue weighted by molar-refractivity contribution is -0.146. The minimum absolute atomic E-state index is 0.118. The van der Waals surface area contributed by atoms with Gasteiger partial charge in [-0.25, -0.2) is 13.2 Å². The zero-order valence-corrected chi connectivity index (χ0v) is 14.9. The van der Waals surface area contributed by atoms with Crippen molar-refractivity contribution in [2.75, 3.05) is 17.6 Å². The first-order valence-electron chi connectivity index (χ1n) is 7.67. The quantitative estimate of drug-likeness (QED) is 0.760. The third-order valence-corrected chi connectivity index (χ3v) is 5.19. The van der Waals surface area contributed by atoms with Crippen molar-refractivity contribution in [1.29, 1.82) is 0 Å². The predicted octanol–water partition coefficient (Wildman–Crippen LogP) is 0.139. The summed E-state index contributed by atoms with van der Waals surface area (Å²) in [5.74, 6) is -1.33. The molecule has 2 N–H and O–H groups in total. The highest BCUT2D eigenvalue weighted by Crippen LogP contribution is 2.19. The number of nitrogens with one attached hydrogen (secondary N) is 1. The Bertz CT molecular complexity index is 970. The second kappa shape index (κ2) is 6.09. The molecule has 2 aliphatic heterocycles. The van der Waals surface area contributed by atoms with Gasteiger partial charge in [0.1, 0.15) is 5.84 Å². The SMILES string of the molecule is CC(C)(C(=O)O)n1cc(NC(=O)C2=CN3CCS(=O)(=O)N=C3C=C2)cn1. The minimum Gasteiger partial charge on any atom is -0.479 e. The largest absolute Gasteiger partial charge is 0.479 e. The molecule has 0 aliphatic carbocycles. The number of carboxylic acid groups (broad SMARTS) is 1. The van der Waals surface area contributed by atoms with E-state index in [0.29, 0.717) is 11.3 Å². The number of hydrogen-bond donors (Lipinski definition) is 2. The molecule has 138 valence electrons. The summed E-state index contributed by atoms with van der Waals surface area (Å²) >= 11 is 0. The van der Waals surface area contributed by atoms with Crippen LogP contribution in [0.3, 0.4) is 0 Å². The third-order valence-electron chi connectivity index (χ3n) is 4.02. The average molecular weight is 379 g/mol. The monoisotopic (exact) mass is 379 g/mol. The van der Waals surface area contributed by atoms with Crippen LogP contribution in [0.1, 0.15) is 13.8 Å². The number of hydrogen-bond acceptors (Lipinski definition) is 6. The lowest BCUT2D eigenvalue weighted by Gasteiger charge is -2.26. The van der Waals surface area contributed by atoms with Crippen LogP contribution < -0.4 is 5.32 Å². The van der Waals surface area contributed by atoms with E-state index < -0.39 is 27.4 Å². The lowest BCUT2D eigenvalue weighted by atomic mass is 10.1. The first kappa shape index (κ1) is 17.9. The normalized spacial score (nSPS) is 18.6. The first-order valence-corrected chi connectivity index (χ1v) is 9.28. The number of carbonyl (C=O) groups excluding carboxylic acids is 1. The number of amides is 1. The Balaban J connectivity index is 1.74. The van der Waals surface area contributed by atoms with Crippen LogP contribution in [0, 0.1) is 0 Å². The summed E-state index contributed by atoms with van der Waals surface area (Å²) in [6.45, 7) is 3.20. The molecule has 0 fully saturated rings. The molecular weight excluding hydrogens is 362 g/mol. The first-order chi connectivity index (χ1) is 12.1. The molecule has 26 heavy (non-hydrogen) atoms. The molecule has 0 atom stereocenters. The topological polar surface area (TPSA) is 134 Å². The Morgan fingerprint density at radius 2 is 2.04 bits per heavy atom. The van der Waals surface area contributed by atoms with E-state index in [2.05, 4.69) is 14.8 Å². The Kier molecular flexibility index (Phi) is 4.18. The summed E-state index contributed by atoms with van der Waals surface area (Å²) < 4.78 is 27.9.